The molecule has 2 aromatic rings. The first-order valence-corrected chi connectivity index (χ1v) is 5.13. The zero-order valence-corrected chi connectivity index (χ0v) is 9.59. The van der Waals surface area contributed by atoms with Crippen LogP contribution in [-0.4, -0.2) is 21.2 Å². The Balaban J connectivity index is 2.17. The normalized spacial score (nSPS) is 9.81. The van der Waals surface area contributed by atoms with Gasteiger partial charge in [0.05, 0.1) is 11.8 Å². The highest BCUT2D eigenvalue weighted by atomic mass is 79.9. The van der Waals surface area contributed by atoms with E-state index in [1.807, 2.05) is 0 Å². The van der Waals surface area contributed by atoms with Crippen molar-refractivity contribution in [3.05, 3.63) is 40.9 Å². The molecule has 0 aliphatic carbocycles. The first-order chi connectivity index (χ1) is 7.78. The Labute approximate surface area is 99.7 Å². The van der Waals surface area contributed by atoms with Crippen LogP contribution in [-0.2, 0) is 0 Å². The van der Waals surface area contributed by atoms with Crippen LogP contribution in [0.1, 0.15) is 10.4 Å². The first kappa shape index (κ1) is 10.7. The number of aromatic nitrogens is 3. The molecule has 2 rings (SSSR count). The maximum atomic E-state index is 10.4. The molecule has 2 heterocycles. The predicted molar refractivity (Wildman–Crippen MR) is 59.4 cm³/mol. The van der Waals surface area contributed by atoms with Crippen LogP contribution in [0.25, 0.3) is 0 Å². The number of ether oxygens (including phenoxy) is 1. The topological polar surface area (TPSA) is 65.0 Å². The molecule has 0 aliphatic rings. The van der Waals surface area contributed by atoms with Crippen molar-refractivity contribution in [1.29, 1.82) is 0 Å². The molecule has 2 aromatic heterocycles. The molecule has 0 bridgehead atoms. The number of pyridine rings is 1. The highest BCUT2D eigenvalue weighted by molar-refractivity contribution is 9.10. The smallest absolute Gasteiger partial charge is 0.321 e. The summed E-state index contributed by atoms with van der Waals surface area (Å²) in [5.41, 5.74) is 0.403. The Morgan fingerprint density at radius 3 is 2.56 bits per heavy atom. The van der Waals surface area contributed by atoms with Gasteiger partial charge in [-0.1, -0.05) is 0 Å². The quantitative estimate of drug-likeness (QED) is 0.807. The average molecular weight is 280 g/mol. The Kier molecular flexibility index (Phi) is 3.21. The number of carbonyl (C=O) groups is 1. The van der Waals surface area contributed by atoms with Crippen molar-refractivity contribution in [2.24, 2.45) is 0 Å². The summed E-state index contributed by atoms with van der Waals surface area (Å²) >= 11 is 3.27. The molecule has 0 saturated carbocycles. The number of halogens is 1. The summed E-state index contributed by atoms with van der Waals surface area (Å²) in [5, 5.41) is 0. The number of carbonyl (C=O) groups excluding carboxylic acids is 1. The largest absolute Gasteiger partial charge is 0.423 e. The summed E-state index contributed by atoms with van der Waals surface area (Å²) in [4.78, 5) is 22.0. The van der Waals surface area contributed by atoms with E-state index in [4.69, 9.17) is 4.74 Å². The van der Waals surface area contributed by atoms with E-state index in [0.29, 0.717) is 17.6 Å². The van der Waals surface area contributed by atoms with Gasteiger partial charge in [0.15, 0.2) is 12.0 Å². The standard InChI is InChI=1S/C10H6BrN3O2/c11-8-1-9(5-12-4-8)16-10-13-2-7(6-15)3-14-10/h1-6H. The average Bonchev–Trinajstić information content (AvgIpc) is 2.30. The summed E-state index contributed by atoms with van der Waals surface area (Å²) in [7, 11) is 0. The second-order valence-electron chi connectivity index (χ2n) is 2.86. The lowest BCUT2D eigenvalue weighted by atomic mass is 10.4. The van der Waals surface area contributed by atoms with Crippen LogP contribution in [0.5, 0.6) is 11.8 Å². The number of hydrogen-bond donors (Lipinski definition) is 0. The van der Waals surface area contributed by atoms with Crippen LogP contribution in [0.4, 0.5) is 0 Å². The van der Waals surface area contributed by atoms with Gasteiger partial charge >= 0.3 is 6.01 Å². The van der Waals surface area contributed by atoms with Crippen LogP contribution in [0.3, 0.4) is 0 Å². The minimum absolute atomic E-state index is 0.172. The predicted octanol–water partition coefficient (Wildman–Crippen LogP) is 2.24. The van der Waals surface area contributed by atoms with E-state index in [0.717, 1.165) is 4.47 Å². The number of aldehydes is 1. The minimum Gasteiger partial charge on any atom is -0.423 e. The van der Waals surface area contributed by atoms with Crippen molar-refractivity contribution in [1.82, 2.24) is 15.0 Å². The molecule has 0 aliphatic heterocycles. The van der Waals surface area contributed by atoms with Gasteiger partial charge in [-0.3, -0.25) is 9.78 Å². The van der Waals surface area contributed by atoms with Crippen LogP contribution < -0.4 is 4.74 Å². The van der Waals surface area contributed by atoms with E-state index in [2.05, 4.69) is 30.9 Å². The van der Waals surface area contributed by atoms with Crippen molar-refractivity contribution in [3.63, 3.8) is 0 Å². The monoisotopic (exact) mass is 279 g/mol. The molecule has 0 radical (unpaired) electrons. The molecule has 80 valence electrons. The van der Waals surface area contributed by atoms with Gasteiger partial charge in [-0.05, 0) is 22.0 Å². The van der Waals surface area contributed by atoms with Gasteiger partial charge in [0, 0.05) is 23.1 Å². The molecule has 0 spiro atoms. The van der Waals surface area contributed by atoms with Crippen LogP contribution in [0, 0.1) is 0 Å². The van der Waals surface area contributed by atoms with Gasteiger partial charge < -0.3 is 4.74 Å². The molecular formula is C10H6BrN3O2. The van der Waals surface area contributed by atoms with Crippen LogP contribution in [0.2, 0.25) is 0 Å². The maximum Gasteiger partial charge on any atom is 0.321 e. The summed E-state index contributed by atoms with van der Waals surface area (Å²) in [6.45, 7) is 0. The lowest BCUT2D eigenvalue weighted by Gasteiger charge is -2.02. The molecule has 0 amide bonds. The molecule has 0 unspecified atom stereocenters. The van der Waals surface area contributed by atoms with E-state index in [1.54, 1.807) is 18.5 Å². The molecule has 5 nitrogen and oxygen atoms in total. The fourth-order valence-electron chi connectivity index (χ4n) is 0.993. The Hall–Kier alpha value is -1.82. The lowest BCUT2D eigenvalue weighted by Crippen LogP contribution is -1.93. The van der Waals surface area contributed by atoms with Gasteiger partial charge in [0.2, 0.25) is 0 Å². The highest BCUT2D eigenvalue weighted by Gasteiger charge is 2.01. The molecule has 0 atom stereocenters. The maximum absolute atomic E-state index is 10.4. The third-order valence-electron chi connectivity index (χ3n) is 1.67. The van der Waals surface area contributed by atoms with Crippen LogP contribution in [0.15, 0.2) is 35.3 Å². The molecule has 0 aromatic carbocycles. The fraction of sp³-hybridized carbons (Fsp3) is 0. The number of hydrogen-bond acceptors (Lipinski definition) is 5. The lowest BCUT2D eigenvalue weighted by molar-refractivity contribution is 0.112. The third kappa shape index (κ3) is 2.60. The van der Waals surface area contributed by atoms with Gasteiger partial charge in [-0.15, -0.1) is 0 Å². The zero-order valence-electron chi connectivity index (χ0n) is 8.00. The molecule has 16 heavy (non-hydrogen) atoms. The Morgan fingerprint density at radius 2 is 1.94 bits per heavy atom. The fourth-order valence-corrected chi connectivity index (χ4v) is 1.34. The SMILES string of the molecule is O=Cc1cnc(Oc2cncc(Br)c2)nc1. The van der Waals surface area contributed by atoms with Crippen molar-refractivity contribution in [2.75, 3.05) is 0 Å². The zero-order chi connectivity index (χ0) is 11.4. The first-order valence-electron chi connectivity index (χ1n) is 4.33. The molecule has 0 saturated heterocycles. The van der Waals surface area contributed by atoms with Crippen molar-refractivity contribution < 1.29 is 9.53 Å². The second-order valence-corrected chi connectivity index (χ2v) is 3.77. The molecule has 0 N–H and O–H groups in total. The Morgan fingerprint density at radius 1 is 1.19 bits per heavy atom. The van der Waals surface area contributed by atoms with E-state index < -0.39 is 0 Å². The van der Waals surface area contributed by atoms with Gasteiger partial charge in [0.25, 0.3) is 0 Å². The highest BCUT2D eigenvalue weighted by Crippen LogP contribution is 2.19. The van der Waals surface area contributed by atoms with Crippen molar-refractivity contribution >= 4 is 22.2 Å². The van der Waals surface area contributed by atoms with E-state index in [-0.39, 0.29) is 6.01 Å². The van der Waals surface area contributed by atoms with Gasteiger partial charge in [-0.2, -0.15) is 0 Å². The molecule has 0 fully saturated rings. The summed E-state index contributed by atoms with van der Waals surface area (Å²) < 4.78 is 6.13. The number of nitrogens with zero attached hydrogens (tertiary/aromatic N) is 3. The summed E-state index contributed by atoms with van der Waals surface area (Å²) in [6.07, 6.45) is 6.64. The second kappa shape index (κ2) is 4.80. The van der Waals surface area contributed by atoms with E-state index >= 15 is 0 Å². The van der Waals surface area contributed by atoms with Crippen LogP contribution >= 0.6 is 15.9 Å². The van der Waals surface area contributed by atoms with Gasteiger partial charge in [0.1, 0.15) is 0 Å². The van der Waals surface area contributed by atoms with Gasteiger partial charge in [-0.25, -0.2) is 9.97 Å². The molecule has 6 heteroatoms. The Bertz CT molecular complexity index is 502. The van der Waals surface area contributed by atoms with Crippen molar-refractivity contribution in [2.45, 2.75) is 0 Å². The summed E-state index contributed by atoms with van der Waals surface area (Å²) in [5.74, 6) is 0.522. The summed E-state index contributed by atoms with van der Waals surface area (Å²) in [6, 6.07) is 1.91. The van der Waals surface area contributed by atoms with Crippen molar-refractivity contribution in [3.8, 4) is 11.8 Å². The van der Waals surface area contributed by atoms with E-state index in [1.165, 1.54) is 12.4 Å². The molecular weight excluding hydrogens is 274 g/mol. The minimum atomic E-state index is 0.172. The number of rotatable bonds is 3. The van der Waals surface area contributed by atoms with E-state index in [9.17, 15) is 4.79 Å². The third-order valence-corrected chi connectivity index (χ3v) is 2.11.